The summed E-state index contributed by atoms with van der Waals surface area (Å²) in [5.74, 6) is -0.0909. The largest absolute Gasteiger partial charge is 0.507 e. The number of halogens is 2. The highest BCUT2D eigenvalue weighted by Crippen LogP contribution is 2.26. The van der Waals surface area contributed by atoms with Crippen molar-refractivity contribution in [2.45, 2.75) is 6.92 Å². The van der Waals surface area contributed by atoms with Crippen LogP contribution >= 0.6 is 23.2 Å². The molecule has 2 aromatic carbocycles. The molecule has 0 bridgehead atoms. The van der Waals surface area contributed by atoms with Gasteiger partial charge in [0.15, 0.2) is 12.1 Å². The Labute approximate surface area is 143 Å². The average Bonchev–Trinajstić information content (AvgIpc) is 2.47. The Morgan fingerprint density at radius 1 is 0.957 bits per heavy atom. The van der Waals surface area contributed by atoms with E-state index in [0.717, 1.165) is 0 Å². The van der Waals surface area contributed by atoms with Gasteiger partial charge in [0.2, 0.25) is 0 Å². The van der Waals surface area contributed by atoms with Crippen LogP contribution in [0.1, 0.15) is 22.8 Å². The summed E-state index contributed by atoms with van der Waals surface area (Å²) in [5.41, 5.74) is 0.614. The van der Waals surface area contributed by atoms with E-state index in [1.165, 1.54) is 31.2 Å². The predicted molar refractivity (Wildman–Crippen MR) is 91.3 cm³/mol. The topological polar surface area (TPSA) is 74.6 Å². The van der Waals surface area contributed by atoms with Crippen LogP contribution in [-0.2, 0) is 4.79 Å². The Morgan fingerprint density at radius 2 is 1.43 bits per heavy atom. The molecule has 0 aliphatic rings. The summed E-state index contributed by atoms with van der Waals surface area (Å²) in [6.07, 6.45) is 3.39. The number of carbonyl (C=O) groups is 2. The zero-order valence-corrected chi connectivity index (χ0v) is 13.7. The first kappa shape index (κ1) is 18.7. The molecule has 0 unspecified atom stereocenters. The highest BCUT2D eigenvalue weighted by Gasteiger charge is 2.02. The van der Waals surface area contributed by atoms with Crippen molar-refractivity contribution in [1.82, 2.24) is 0 Å². The molecule has 0 aromatic heterocycles. The van der Waals surface area contributed by atoms with Gasteiger partial charge < -0.3 is 10.2 Å². The SMILES string of the molecule is CC(=O)C=Cc1c(O)cccc1Cl.O=Cc1c(O)cccc1Cl. The molecule has 2 rings (SSSR count). The van der Waals surface area contributed by atoms with Gasteiger partial charge in [0.1, 0.15) is 11.5 Å². The third-order valence-corrected chi connectivity index (χ3v) is 3.32. The van der Waals surface area contributed by atoms with Gasteiger partial charge in [-0.3, -0.25) is 9.59 Å². The van der Waals surface area contributed by atoms with Crippen molar-refractivity contribution in [3.05, 3.63) is 63.6 Å². The molecule has 23 heavy (non-hydrogen) atoms. The van der Waals surface area contributed by atoms with Crippen molar-refractivity contribution in [1.29, 1.82) is 0 Å². The summed E-state index contributed by atoms with van der Waals surface area (Å²) < 4.78 is 0. The number of rotatable bonds is 3. The maximum Gasteiger partial charge on any atom is 0.155 e. The number of benzene rings is 2. The monoisotopic (exact) mass is 352 g/mol. The number of phenols is 2. The molecule has 4 nitrogen and oxygen atoms in total. The lowest BCUT2D eigenvalue weighted by Crippen LogP contribution is -1.81. The molecule has 0 heterocycles. The van der Waals surface area contributed by atoms with Crippen LogP contribution in [0.4, 0.5) is 0 Å². The third-order valence-electron chi connectivity index (χ3n) is 2.66. The second kappa shape index (κ2) is 8.98. The summed E-state index contributed by atoms with van der Waals surface area (Å²) in [5, 5.41) is 19.0. The van der Waals surface area contributed by atoms with Crippen molar-refractivity contribution in [2.24, 2.45) is 0 Å². The number of phenolic OH excluding ortho intramolecular Hbond substituents is 2. The molecule has 0 fully saturated rings. The number of allylic oxidation sites excluding steroid dienone is 1. The van der Waals surface area contributed by atoms with Gasteiger partial charge >= 0.3 is 0 Å². The number of aldehydes is 1. The van der Waals surface area contributed by atoms with Crippen LogP contribution < -0.4 is 0 Å². The summed E-state index contributed by atoms with van der Waals surface area (Å²) in [7, 11) is 0. The fourth-order valence-corrected chi connectivity index (χ4v) is 1.98. The van der Waals surface area contributed by atoms with Gasteiger partial charge in [-0.15, -0.1) is 0 Å². The van der Waals surface area contributed by atoms with E-state index in [2.05, 4.69) is 0 Å². The maximum atomic E-state index is 10.6. The summed E-state index contributed by atoms with van der Waals surface area (Å²) in [6, 6.07) is 9.35. The van der Waals surface area contributed by atoms with Gasteiger partial charge in [-0.2, -0.15) is 0 Å². The molecule has 6 heteroatoms. The van der Waals surface area contributed by atoms with Gasteiger partial charge in [-0.05, 0) is 43.3 Å². The second-order valence-electron chi connectivity index (χ2n) is 4.41. The van der Waals surface area contributed by atoms with Crippen molar-refractivity contribution < 1.29 is 19.8 Å². The van der Waals surface area contributed by atoms with Crippen molar-refractivity contribution in [3.8, 4) is 11.5 Å². The molecule has 0 saturated carbocycles. The molecule has 0 atom stereocenters. The summed E-state index contributed by atoms with van der Waals surface area (Å²) in [6.45, 7) is 1.43. The third kappa shape index (κ3) is 5.77. The van der Waals surface area contributed by atoms with Gasteiger partial charge in [0.25, 0.3) is 0 Å². The number of hydrogen-bond acceptors (Lipinski definition) is 4. The minimum absolute atomic E-state index is 0.0741. The first-order valence-electron chi connectivity index (χ1n) is 6.45. The minimum atomic E-state index is -0.0840. The molecule has 0 saturated heterocycles. The lowest BCUT2D eigenvalue weighted by atomic mass is 10.2. The van der Waals surface area contributed by atoms with E-state index in [1.807, 2.05) is 0 Å². The lowest BCUT2D eigenvalue weighted by molar-refractivity contribution is -0.112. The first-order valence-corrected chi connectivity index (χ1v) is 7.21. The fourth-order valence-electron chi connectivity index (χ4n) is 1.53. The van der Waals surface area contributed by atoms with E-state index < -0.39 is 0 Å². The molecular weight excluding hydrogens is 339 g/mol. The normalized spacial score (nSPS) is 10.0. The van der Waals surface area contributed by atoms with E-state index in [9.17, 15) is 14.7 Å². The molecular formula is C17H14Cl2O4. The minimum Gasteiger partial charge on any atom is -0.507 e. The highest BCUT2D eigenvalue weighted by molar-refractivity contribution is 6.33. The number of hydrogen-bond donors (Lipinski definition) is 2. The Hall–Kier alpha value is -2.30. The van der Waals surface area contributed by atoms with E-state index >= 15 is 0 Å². The van der Waals surface area contributed by atoms with Crippen LogP contribution in [0.2, 0.25) is 10.0 Å². The quantitative estimate of drug-likeness (QED) is 0.629. The lowest BCUT2D eigenvalue weighted by Gasteiger charge is -1.99. The molecule has 0 radical (unpaired) electrons. The van der Waals surface area contributed by atoms with Crippen molar-refractivity contribution in [2.75, 3.05) is 0 Å². The summed E-state index contributed by atoms with van der Waals surface area (Å²) >= 11 is 11.3. The standard InChI is InChI=1S/C10H9ClO2.C7H5ClO2/c1-7(12)5-6-8-9(11)3-2-4-10(8)13;8-6-2-1-3-7(10)5(6)4-9/h2-6,13H,1H3;1-4,10H. The van der Waals surface area contributed by atoms with Gasteiger partial charge in [0.05, 0.1) is 15.6 Å². The van der Waals surface area contributed by atoms with Crippen molar-refractivity contribution in [3.63, 3.8) is 0 Å². The van der Waals surface area contributed by atoms with E-state index in [4.69, 9.17) is 28.3 Å². The van der Waals surface area contributed by atoms with Gasteiger partial charge in [0, 0.05) is 5.56 Å². The van der Waals surface area contributed by atoms with E-state index in [-0.39, 0.29) is 27.9 Å². The van der Waals surface area contributed by atoms with Crippen LogP contribution in [0.3, 0.4) is 0 Å². The molecule has 0 aliphatic heterocycles. The smallest absolute Gasteiger partial charge is 0.155 e. The zero-order valence-electron chi connectivity index (χ0n) is 12.2. The fraction of sp³-hybridized carbons (Fsp3) is 0.0588. The molecule has 0 amide bonds. The molecule has 120 valence electrons. The number of aromatic hydroxyl groups is 2. The molecule has 0 aliphatic carbocycles. The van der Waals surface area contributed by atoms with Crippen LogP contribution in [0.15, 0.2) is 42.5 Å². The predicted octanol–water partition coefficient (Wildman–Crippen LogP) is 4.51. The van der Waals surface area contributed by atoms with Gasteiger partial charge in [-0.1, -0.05) is 35.3 Å². The molecule has 0 spiro atoms. The Kier molecular flexibility index (Phi) is 7.32. The van der Waals surface area contributed by atoms with Crippen LogP contribution in [-0.4, -0.2) is 22.3 Å². The van der Waals surface area contributed by atoms with Crippen molar-refractivity contribution >= 4 is 41.3 Å². The zero-order chi connectivity index (χ0) is 17.4. The highest BCUT2D eigenvalue weighted by atomic mass is 35.5. The second-order valence-corrected chi connectivity index (χ2v) is 5.22. The van der Waals surface area contributed by atoms with E-state index in [0.29, 0.717) is 16.9 Å². The van der Waals surface area contributed by atoms with Crippen LogP contribution in [0, 0.1) is 0 Å². The molecule has 2 aromatic rings. The van der Waals surface area contributed by atoms with Gasteiger partial charge in [-0.25, -0.2) is 0 Å². The average molecular weight is 353 g/mol. The summed E-state index contributed by atoms with van der Waals surface area (Å²) in [4.78, 5) is 20.8. The van der Waals surface area contributed by atoms with E-state index in [1.54, 1.807) is 24.3 Å². The Balaban J connectivity index is 0.000000238. The number of ketones is 1. The Bertz CT molecular complexity index is 699. The first-order chi connectivity index (χ1) is 10.9. The molecule has 2 N–H and O–H groups in total. The maximum absolute atomic E-state index is 10.6. The number of carbonyl (C=O) groups excluding carboxylic acids is 2. The van der Waals surface area contributed by atoms with Crippen LogP contribution in [0.5, 0.6) is 11.5 Å². The Morgan fingerprint density at radius 3 is 1.78 bits per heavy atom. The van der Waals surface area contributed by atoms with Crippen LogP contribution in [0.25, 0.3) is 6.08 Å².